The number of aryl methyl sites for hydroxylation is 2. The molecular formula is C28H36N2O2. The van der Waals surface area contributed by atoms with Gasteiger partial charge in [0.1, 0.15) is 11.5 Å². The van der Waals surface area contributed by atoms with Crippen LogP contribution in [0.2, 0.25) is 0 Å². The number of rotatable bonds is 5. The molecule has 170 valence electrons. The minimum Gasteiger partial charge on any atom is -0.388 e. The van der Waals surface area contributed by atoms with E-state index in [1.807, 2.05) is 24.6 Å². The van der Waals surface area contributed by atoms with Gasteiger partial charge in [0.2, 0.25) is 0 Å². The van der Waals surface area contributed by atoms with Gasteiger partial charge in [-0.2, -0.15) is 0 Å². The standard InChI is InChI=1S/C28H36N2O2/c1-17(2)26(20-13-22(27(5,6)7)24(31-15-29)11-18(20)3)21-14-23(28(8,9)10)25(32-16-30)12-19(21)4/h11-14,17,26H,1-10H3. The molecule has 0 aromatic heterocycles. The number of nitriles is 2. The second kappa shape index (κ2) is 9.25. The van der Waals surface area contributed by atoms with E-state index in [1.54, 1.807) is 0 Å². The molecule has 0 spiro atoms. The van der Waals surface area contributed by atoms with Crippen molar-refractivity contribution >= 4 is 0 Å². The molecule has 0 aliphatic heterocycles. The molecule has 0 aliphatic carbocycles. The van der Waals surface area contributed by atoms with Gasteiger partial charge in [-0.05, 0) is 65.0 Å². The van der Waals surface area contributed by atoms with Gasteiger partial charge in [-0.1, -0.05) is 67.5 Å². The van der Waals surface area contributed by atoms with Gasteiger partial charge in [0, 0.05) is 17.0 Å². The zero-order chi connectivity index (χ0) is 24.4. The quantitative estimate of drug-likeness (QED) is 0.461. The van der Waals surface area contributed by atoms with Crippen molar-refractivity contribution in [3.05, 3.63) is 57.6 Å². The van der Waals surface area contributed by atoms with Crippen LogP contribution in [-0.4, -0.2) is 0 Å². The van der Waals surface area contributed by atoms with Crippen LogP contribution in [0.3, 0.4) is 0 Å². The molecule has 0 atom stereocenters. The van der Waals surface area contributed by atoms with Crippen LogP contribution in [0.25, 0.3) is 0 Å². The Bertz CT molecular complexity index is 988. The van der Waals surface area contributed by atoms with Crippen LogP contribution in [0.5, 0.6) is 11.5 Å². The summed E-state index contributed by atoms with van der Waals surface area (Å²) in [6, 6.07) is 8.40. The molecule has 0 unspecified atom stereocenters. The molecule has 4 heteroatoms. The molecule has 2 rings (SSSR count). The zero-order valence-electron chi connectivity index (χ0n) is 21.2. The van der Waals surface area contributed by atoms with Crippen molar-refractivity contribution in [1.82, 2.24) is 0 Å². The van der Waals surface area contributed by atoms with E-state index in [0.29, 0.717) is 17.4 Å². The minimum atomic E-state index is -0.174. The maximum absolute atomic E-state index is 9.15. The van der Waals surface area contributed by atoms with Crippen molar-refractivity contribution in [2.75, 3.05) is 0 Å². The Labute approximate surface area is 193 Å². The van der Waals surface area contributed by atoms with Gasteiger partial charge in [-0.15, -0.1) is 10.5 Å². The highest BCUT2D eigenvalue weighted by Crippen LogP contribution is 2.43. The summed E-state index contributed by atoms with van der Waals surface area (Å²) < 4.78 is 10.7. The highest BCUT2D eigenvalue weighted by atomic mass is 16.5. The normalized spacial score (nSPS) is 11.9. The predicted molar refractivity (Wildman–Crippen MR) is 129 cm³/mol. The van der Waals surface area contributed by atoms with E-state index in [9.17, 15) is 0 Å². The Morgan fingerprint density at radius 1 is 0.688 bits per heavy atom. The third kappa shape index (κ3) is 5.25. The number of benzene rings is 2. The van der Waals surface area contributed by atoms with Gasteiger partial charge in [-0.25, -0.2) is 0 Å². The lowest BCUT2D eigenvalue weighted by atomic mass is 9.74. The average molecular weight is 433 g/mol. The number of hydrogen-bond donors (Lipinski definition) is 0. The van der Waals surface area contributed by atoms with Crippen LogP contribution in [0.1, 0.15) is 94.7 Å². The molecule has 0 aliphatic rings. The second-order valence-corrected chi connectivity index (χ2v) is 11.0. The maximum Gasteiger partial charge on any atom is 0.292 e. The topological polar surface area (TPSA) is 66.0 Å². The third-order valence-electron chi connectivity index (χ3n) is 6.00. The first-order valence-corrected chi connectivity index (χ1v) is 11.1. The van der Waals surface area contributed by atoms with Crippen molar-refractivity contribution in [1.29, 1.82) is 10.5 Å². The van der Waals surface area contributed by atoms with Gasteiger partial charge < -0.3 is 9.47 Å². The fourth-order valence-corrected chi connectivity index (χ4v) is 4.39. The van der Waals surface area contributed by atoms with Gasteiger partial charge >= 0.3 is 0 Å². The van der Waals surface area contributed by atoms with Gasteiger partial charge in [0.05, 0.1) is 0 Å². The van der Waals surface area contributed by atoms with Crippen LogP contribution < -0.4 is 9.47 Å². The summed E-state index contributed by atoms with van der Waals surface area (Å²) in [5.74, 6) is 1.71. The number of hydrogen-bond acceptors (Lipinski definition) is 4. The largest absolute Gasteiger partial charge is 0.388 e. The Morgan fingerprint density at radius 2 is 1.03 bits per heavy atom. The van der Waals surface area contributed by atoms with Crippen LogP contribution in [0.15, 0.2) is 24.3 Å². The van der Waals surface area contributed by atoms with Gasteiger partial charge in [0.15, 0.2) is 0 Å². The van der Waals surface area contributed by atoms with Gasteiger partial charge in [-0.3, -0.25) is 0 Å². The highest BCUT2D eigenvalue weighted by Gasteiger charge is 2.29. The fraction of sp³-hybridized carbons (Fsp3) is 0.500. The molecule has 2 aromatic rings. The Balaban J connectivity index is 2.84. The van der Waals surface area contributed by atoms with Crippen molar-refractivity contribution < 1.29 is 9.47 Å². The highest BCUT2D eigenvalue weighted by molar-refractivity contribution is 5.53. The Kier molecular flexibility index (Phi) is 7.31. The molecule has 4 nitrogen and oxygen atoms in total. The summed E-state index contributed by atoms with van der Waals surface area (Å²) in [4.78, 5) is 0. The molecular weight excluding hydrogens is 396 g/mol. The van der Waals surface area contributed by atoms with Gasteiger partial charge in [0.25, 0.3) is 12.5 Å². The van der Waals surface area contributed by atoms with E-state index in [-0.39, 0.29) is 16.7 Å². The average Bonchev–Trinajstić information content (AvgIpc) is 2.63. The van der Waals surface area contributed by atoms with Crippen molar-refractivity contribution in [3.63, 3.8) is 0 Å². The van der Waals surface area contributed by atoms with Crippen molar-refractivity contribution in [3.8, 4) is 24.0 Å². The molecule has 0 amide bonds. The summed E-state index contributed by atoms with van der Waals surface area (Å²) in [7, 11) is 0. The molecule has 2 aromatic carbocycles. The molecule has 0 N–H and O–H groups in total. The predicted octanol–water partition coefficient (Wildman–Crippen LogP) is 7.41. The lowest BCUT2D eigenvalue weighted by Gasteiger charge is -2.31. The molecule has 0 saturated carbocycles. The Hall–Kier alpha value is -2.98. The van der Waals surface area contributed by atoms with E-state index < -0.39 is 0 Å². The summed E-state index contributed by atoms with van der Waals surface area (Å²) in [5.41, 5.74) is 6.33. The summed E-state index contributed by atoms with van der Waals surface area (Å²) in [6.45, 7) is 21.4. The van der Waals surface area contributed by atoms with E-state index in [0.717, 1.165) is 22.3 Å². The van der Waals surface area contributed by atoms with Crippen LogP contribution in [0, 0.1) is 42.8 Å². The van der Waals surface area contributed by atoms with E-state index in [4.69, 9.17) is 20.0 Å². The number of ether oxygens (including phenoxy) is 2. The minimum absolute atomic E-state index is 0.143. The first-order valence-electron chi connectivity index (χ1n) is 11.1. The van der Waals surface area contributed by atoms with E-state index in [1.165, 1.54) is 11.1 Å². The Morgan fingerprint density at radius 3 is 1.28 bits per heavy atom. The number of nitrogens with zero attached hydrogens (tertiary/aromatic N) is 2. The zero-order valence-corrected chi connectivity index (χ0v) is 21.2. The maximum atomic E-state index is 9.15. The lowest BCUT2D eigenvalue weighted by molar-refractivity contribution is 0.468. The first kappa shape index (κ1) is 25.3. The summed E-state index contributed by atoms with van der Waals surface area (Å²) >= 11 is 0. The molecule has 0 radical (unpaired) electrons. The molecule has 0 heterocycles. The van der Waals surface area contributed by atoms with Crippen molar-refractivity contribution in [2.24, 2.45) is 5.92 Å². The molecule has 0 saturated heterocycles. The first-order chi connectivity index (χ1) is 14.7. The molecule has 32 heavy (non-hydrogen) atoms. The second-order valence-electron chi connectivity index (χ2n) is 11.0. The van der Waals surface area contributed by atoms with Crippen LogP contribution in [-0.2, 0) is 10.8 Å². The monoisotopic (exact) mass is 432 g/mol. The van der Waals surface area contributed by atoms with E-state index in [2.05, 4.69) is 81.4 Å². The third-order valence-corrected chi connectivity index (χ3v) is 6.00. The lowest BCUT2D eigenvalue weighted by Crippen LogP contribution is -2.19. The SMILES string of the molecule is Cc1cc(OC#N)c(C(C)(C)C)cc1C(c1cc(C(C)(C)C)c(OC#N)cc1C)C(C)C. The van der Waals surface area contributed by atoms with Crippen LogP contribution >= 0.6 is 0 Å². The van der Waals surface area contributed by atoms with Crippen molar-refractivity contribution in [2.45, 2.75) is 86.0 Å². The smallest absolute Gasteiger partial charge is 0.292 e. The van der Waals surface area contributed by atoms with E-state index >= 15 is 0 Å². The molecule has 0 fully saturated rings. The summed E-state index contributed by atoms with van der Waals surface area (Å²) in [5, 5.41) is 18.3. The molecule has 0 bridgehead atoms. The fourth-order valence-electron chi connectivity index (χ4n) is 4.39. The van der Waals surface area contributed by atoms with Crippen LogP contribution in [0.4, 0.5) is 0 Å². The summed E-state index contributed by atoms with van der Waals surface area (Å²) in [6.07, 6.45) is 3.68.